The van der Waals surface area contributed by atoms with Crippen LogP contribution in [0.3, 0.4) is 0 Å². The minimum atomic E-state index is -4.26. The third kappa shape index (κ3) is 9.86. The van der Waals surface area contributed by atoms with Gasteiger partial charge in [0.2, 0.25) is 5.28 Å². The first-order valence-electron chi connectivity index (χ1n) is 13.4. The average molecular weight is 633 g/mol. The number of sulfonamides is 1. The molecule has 0 saturated carbocycles. The van der Waals surface area contributed by atoms with Gasteiger partial charge in [-0.15, -0.1) is 5.01 Å². The van der Waals surface area contributed by atoms with Crippen molar-refractivity contribution >= 4 is 22.3 Å². The van der Waals surface area contributed by atoms with E-state index in [-0.39, 0.29) is 23.0 Å². The van der Waals surface area contributed by atoms with Gasteiger partial charge in [0.15, 0.2) is 0 Å². The van der Waals surface area contributed by atoms with Crippen LogP contribution in [0.15, 0.2) is 64.8 Å². The van der Waals surface area contributed by atoms with Crippen LogP contribution in [0.2, 0.25) is 0 Å². The van der Waals surface area contributed by atoms with Gasteiger partial charge >= 0.3 is 12.2 Å². The fourth-order valence-electron chi connectivity index (χ4n) is 3.55. The van der Waals surface area contributed by atoms with Crippen molar-refractivity contribution in [3.05, 3.63) is 71.1 Å². The maximum Gasteiger partial charge on any atom is 0.511 e. The lowest BCUT2D eigenvalue weighted by molar-refractivity contribution is -0.707. The Bertz CT molecular complexity index is 1580. The number of nitrogens with one attached hydrogen (secondary N) is 1. The molecular formula is C28H36N6O9S. The number of hydrogen-bond donors (Lipinski definition) is 1. The van der Waals surface area contributed by atoms with Gasteiger partial charge in [-0.25, -0.2) is 27.4 Å². The number of carbonyl (C=O) groups is 2. The third-order valence-electron chi connectivity index (χ3n) is 5.65. The van der Waals surface area contributed by atoms with E-state index in [2.05, 4.69) is 10.4 Å². The van der Waals surface area contributed by atoms with E-state index in [1.807, 2.05) is 48.9 Å². The molecule has 0 aliphatic rings. The van der Waals surface area contributed by atoms with Crippen molar-refractivity contribution in [2.45, 2.75) is 58.3 Å². The first kappa shape index (κ1) is 33.6. The van der Waals surface area contributed by atoms with E-state index in [0.717, 1.165) is 27.5 Å². The topological polar surface area (TPSA) is 177 Å². The predicted molar refractivity (Wildman–Crippen MR) is 157 cm³/mol. The van der Waals surface area contributed by atoms with Crippen LogP contribution in [-0.4, -0.2) is 72.5 Å². The summed E-state index contributed by atoms with van der Waals surface area (Å²) in [5.41, 5.74) is 3.55. The highest BCUT2D eigenvalue weighted by atomic mass is 32.2. The monoisotopic (exact) mass is 632 g/mol. The van der Waals surface area contributed by atoms with Gasteiger partial charge in [0, 0.05) is 12.5 Å². The number of amides is 1. The Morgan fingerprint density at radius 3 is 2.36 bits per heavy atom. The van der Waals surface area contributed by atoms with Crippen LogP contribution in [0, 0.1) is 19.1 Å². The fourth-order valence-corrected chi connectivity index (χ4v) is 4.44. The number of carbonyl (C=O) groups excluding carboxylic acids is 2. The summed E-state index contributed by atoms with van der Waals surface area (Å²) in [5.74, 6) is 0. The molecule has 1 aromatic heterocycles. The van der Waals surface area contributed by atoms with E-state index in [4.69, 9.17) is 19.0 Å². The van der Waals surface area contributed by atoms with Gasteiger partial charge in [0.05, 0.1) is 34.0 Å². The molecule has 0 fully saturated rings. The van der Waals surface area contributed by atoms with E-state index in [1.165, 1.54) is 26.1 Å². The van der Waals surface area contributed by atoms with E-state index < -0.39 is 34.2 Å². The summed E-state index contributed by atoms with van der Waals surface area (Å²) in [5, 5.41) is 20.8. The van der Waals surface area contributed by atoms with Crippen LogP contribution in [0.5, 0.6) is 0 Å². The zero-order chi connectivity index (χ0) is 32.7. The van der Waals surface area contributed by atoms with Crippen molar-refractivity contribution in [3.8, 4) is 16.9 Å². The summed E-state index contributed by atoms with van der Waals surface area (Å²) in [6.45, 7) is 9.60. The number of likely N-dealkylation sites (N-methyl/N-ethyl adjacent to an activating group) is 1. The number of hydrazine groups is 1. The van der Waals surface area contributed by atoms with Crippen molar-refractivity contribution in [1.29, 1.82) is 0 Å². The lowest BCUT2D eigenvalue weighted by Crippen LogP contribution is -2.35. The second-order valence-corrected chi connectivity index (χ2v) is 12.3. The minimum absolute atomic E-state index is 0.0276. The molecule has 1 amide bonds. The smallest absolute Gasteiger partial charge is 0.511 e. The van der Waals surface area contributed by atoms with Gasteiger partial charge in [-0.05, 0) is 65.0 Å². The molecule has 1 N–H and O–H groups in total. The molecule has 2 aromatic carbocycles. The van der Waals surface area contributed by atoms with Crippen molar-refractivity contribution in [2.24, 2.45) is 5.28 Å². The molecule has 0 aliphatic heterocycles. The van der Waals surface area contributed by atoms with Gasteiger partial charge in [-0.1, -0.05) is 29.8 Å². The molecule has 0 spiro atoms. The summed E-state index contributed by atoms with van der Waals surface area (Å²) < 4.78 is 43.7. The van der Waals surface area contributed by atoms with Crippen molar-refractivity contribution in [1.82, 2.24) is 19.5 Å². The lowest BCUT2D eigenvalue weighted by Gasteiger charge is -2.20. The predicted octanol–water partition coefficient (Wildman–Crippen LogP) is 4.61. The summed E-state index contributed by atoms with van der Waals surface area (Å²) >= 11 is 0. The molecule has 1 heterocycles. The molecule has 238 valence electrons. The van der Waals surface area contributed by atoms with Gasteiger partial charge in [-0.3, -0.25) is 4.84 Å². The molecule has 16 heteroatoms. The van der Waals surface area contributed by atoms with Crippen LogP contribution in [0.25, 0.3) is 16.9 Å². The van der Waals surface area contributed by atoms with Gasteiger partial charge < -0.3 is 19.4 Å². The quantitative estimate of drug-likeness (QED) is 0.103. The number of nitrogens with zero attached hydrogens (tertiary/aromatic N) is 5. The Labute approximate surface area is 255 Å². The SMILES string of the molecule is Cc1ccc(-c2cc(C)nn2-c2ccc(S(=O)(=O)NC(=O)OCCN(C)/[N+]([O-])=N/OC(C)OC(=O)OC(C)(C)C)cc2)cc1. The van der Waals surface area contributed by atoms with E-state index in [0.29, 0.717) is 5.69 Å². The van der Waals surface area contributed by atoms with Crippen molar-refractivity contribution < 1.29 is 42.0 Å². The van der Waals surface area contributed by atoms with E-state index in [9.17, 15) is 23.2 Å². The number of hydrogen-bond acceptors (Lipinski definition) is 11. The number of benzene rings is 2. The summed E-state index contributed by atoms with van der Waals surface area (Å²) in [7, 11) is -2.95. The molecule has 3 aromatic rings. The maximum absolute atomic E-state index is 12.7. The molecule has 44 heavy (non-hydrogen) atoms. The molecule has 0 saturated heterocycles. The molecule has 1 unspecified atom stereocenters. The molecule has 3 rings (SSSR count). The van der Waals surface area contributed by atoms with E-state index in [1.54, 1.807) is 37.6 Å². The molecule has 0 bridgehead atoms. The highest BCUT2D eigenvalue weighted by Crippen LogP contribution is 2.25. The number of ether oxygens (including phenoxy) is 3. The Hall–Kier alpha value is -4.86. The second kappa shape index (κ2) is 14.1. The summed E-state index contributed by atoms with van der Waals surface area (Å²) in [4.78, 5) is 28.4. The first-order chi connectivity index (χ1) is 20.5. The number of rotatable bonds is 11. The summed E-state index contributed by atoms with van der Waals surface area (Å²) in [6.07, 6.45) is -3.47. The molecule has 0 aliphatic carbocycles. The zero-order valence-electron chi connectivity index (χ0n) is 25.5. The third-order valence-corrected chi connectivity index (χ3v) is 6.97. The Morgan fingerprint density at radius 2 is 1.75 bits per heavy atom. The van der Waals surface area contributed by atoms with Crippen molar-refractivity contribution in [3.63, 3.8) is 0 Å². The lowest BCUT2D eigenvalue weighted by atomic mass is 10.1. The highest BCUT2D eigenvalue weighted by Gasteiger charge is 2.22. The standard InChI is InChI=1S/C28H36N6O9S/c1-19-8-10-22(11-9-19)25-18-20(2)29-33(25)23-12-14-24(15-13-23)44(38,39)30-26(35)40-17-16-32(7)34(37)31-43-21(3)41-27(36)42-28(4,5)6/h8-15,18,21H,16-17H2,1-7H3,(H,30,35)/b34-31-. The fraction of sp³-hybridized carbons (Fsp3) is 0.393. The van der Waals surface area contributed by atoms with Crippen LogP contribution in [-0.2, 0) is 29.1 Å². The largest absolute Gasteiger partial charge is 0.569 e. The van der Waals surface area contributed by atoms with Gasteiger partial charge in [0.25, 0.3) is 16.3 Å². The van der Waals surface area contributed by atoms with Gasteiger partial charge in [-0.2, -0.15) is 5.10 Å². The Morgan fingerprint density at radius 1 is 1.11 bits per heavy atom. The van der Waals surface area contributed by atoms with E-state index >= 15 is 0 Å². The van der Waals surface area contributed by atoms with Crippen LogP contribution in [0.4, 0.5) is 9.59 Å². The first-order valence-corrected chi connectivity index (χ1v) is 14.9. The average Bonchev–Trinajstić information content (AvgIpc) is 3.32. The summed E-state index contributed by atoms with van der Waals surface area (Å²) in [6, 6.07) is 15.7. The van der Waals surface area contributed by atoms with Gasteiger partial charge in [0.1, 0.15) is 18.8 Å². The van der Waals surface area contributed by atoms with Crippen LogP contribution < -0.4 is 4.72 Å². The number of aromatic nitrogens is 2. The Balaban J connectivity index is 1.51. The highest BCUT2D eigenvalue weighted by molar-refractivity contribution is 7.90. The Kier molecular flexibility index (Phi) is 10.8. The number of aryl methyl sites for hydroxylation is 2. The molecule has 0 radical (unpaired) electrons. The van der Waals surface area contributed by atoms with Crippen molar-refractivity contribution in [2.75, 3.05) is 20.2 Å². The van der Waals surface area contributed by atoms with Crippen LogP contribution in [0.1, 0.15) is 39.0 Å². The minimum Gasteiger partial charge on any atom is -0.569 e. The molecule has 15 nitrogen and oxygen atoms in total. The molecule has 1 atom stereocenters. The zero-order valence-corrected chi connectivity index (χ0v) is 26.3. The second-order valence-electron chi connectivity index (χ2n) is 10.7. The molecular weight excluding hydrogens is 596 g/mol. The normalized spacial score (nSPS) is 12.7. The maximum atomic E-state index is 12.7. The van der Waals surface area contributed by atoms with Crippen LogP contribution >= 0.6 is 0 Å².